The molecule has 0 fully saturated rings. The monoisotopic (exact) mass is 208 g/mol. The quantitative estimate of drug-likeness (QED) is 0.711. The molecule has 1 heterocycles. The van der Waals surface area contributed by atoms with Crippen LogP contribution in [0.4, 0.5) is 0 Å². The molecule has 0 spiro atoms. The molecule has 0 bridgehead atoms. The van der Waals surface area contributed by atoms with E-state index in [2.05, 4.69) is 11.7 Å². The van der Waals surface area contributed by atoms with E-state index in [9.17, 15) is 4.79 Å². The van der Waals surface area contributed by atoms with Gasteiger partial charge in [-0.3, -0.25) is 4.79 Å². The van der Waals surface area contributed by atoms with E-state index in [0.717, 1.165) is 5.57 Å². The van der Waals surface area contributed by atoms with Crippen molar-refractivity contribution in [3.05, 3.63) is 29.7 Å². The molecule has 4 nitrogen and oxygen atoms in total. The summed E-state index contributed by atoms with van der Waals surface area (Å²) >= 11 is 0. The van der Waals surface area contributed by atoms with Crippen LogP contribution < -0.4 is 0 Å². The van der Waals surface area contributed by atoms with E-state index >= 15 is 0 Å². The van der Waals surface area contributed by atoms with Crippen LogP contribution in [-0.4, -0.2) is 29.1 Å². The van der Waals surface area contributed by atoms with Gasteiger partial charge in [0, 0.05) is 19.2 Å². The molecule has 0 aliphatic rings. The van der Waals surface area contributed by atoms with E-state index in [1.807, 2.05) is 13.8 Å². The van der Waals surface area contributed by atoms with E-state index in [-0.39, 0.29) is 11.7 Å². The normalized spacial score (nSPS) is 10.1. The Kier molecular flexibility index (Phi) is 3.66. The molecule has 15 heavy (non-hydrogen) atoms. The number of likely N-dealkylation sites (N-methyl/N-ethyl adjacent to an activating group) is 1. The van der Waals surface area contributed by atoms with Crippen LogP contribution in [0.25, 0.3) is 0 Å². The van der Waals surface area contributed by atoms with Crippen molar-refractivity contribution in [2.75, 3.05) is 13.1 Å². The van der Waals surface area contributed by atoms with Crippen molar-refractivity contribution in [1.29, 1.82) is 0 Å². The Morgan fingerprint density at radius 1 is 1.67 bits per heavy atom. The van der Waals surface area contributed by atoms with Gasteiger partial charge in [-0.05, 0) is 20.8 Å². The van der Waals surface area contributed by atoms with Crippen LogP contribution in [-0.2, 0) is 0 Å². The lowest BCUT2D eigenvalue weighted by Gasteiger charge is -2.18. The number of hydrogen-bond donors (Lipinski definition) is 0. The Morgan fingerprint density at radius 3 is 2.73 bits per heavy atom. The number of aryl methyl sites for hydroxylation is 1. The van der Waals surface area contributed by atoms with E-state index in [1.54, 1.807) is 17.9 Å². The Balaban J connectivity index is 2.77. The van der Waals surface area contributed by atoms with Gasteiger partial charge in [-0.15, -0.1) is 0 Å². The third-order valence-corrected chi connectivity index (χ3v) is 1.97. The third kappa shape index (κ3) is 2.94. The summed E-state index contributed by atoms with van der Waals surface area (Å²) in [4.78, 5) is 13.5. The Hall–Kier alpha value is -1.58. The molecule has 0 aromatic carbocycles. The van der Waals surface area contributed by atoms with Gasteiger partial charge in [0.2, 0.25) is 5.76 Å². The van der Waals surface area contributed by atoms with Crippen molar-refractivity contribution in [3.63, 3.8) is 0 Å². The molecular weight excluding hydrogens is 192 g/mol. The molecule has 1 aromatic rings. The highest BCUT2D eigenvalue weighted by atomic mass is 16.5. The second-order valence-corrected chi connectivity index (χ2v) is 3.61. The molecule has 1 amide bonds. The Bertz CT molecular complexity index is 368. The maximum absolute atomic E-state index is 11.9. The highest BCUT2D eigenvalue weighted by Crippen LogP contribution is 2.08. The van der Waals surface area contributed by atoms with Crippen LogP contribution in [0.2, 0.25) is 0 Å². The first kappa shape index (κ1) is 11.5. The topological polar surface area (TPSA) is 46.3 Å². The van der Waals surface area contributed by atoms with Gasteiger partial charge in [-0.1, -0.05) is 17.3 Å². The Labute approximate surface area is 89.5 Å². The van der Waals surface area contributed by atoms with Crippen molar-refractivity contribution < 1.29 is 9.32 Å². The third-order valence-electron chi connectivity index (χ3n) is 1.97. The zero-order valence-electron chi connectivity index (χ0n) is 9.41. The van der Waals surface area contributed by atoms with Crippen LogP contribution in [0.15, 0.2) is 22.7 Å². The van der Waals surface area contributed by atoms with Crippen LogP contribution in [0.1, 0.15) is 30.1 Å². The van der Waals surface area contributed by atoms with Crippen LogP contribution >= 0.6 is 0 Å². The fraction of sp³-hybridized carbons (Fsp3) is 0.455. The fourth-order valence-electron chi connectivity index (χ4n) is 1.27. The molecule has 4 heteroatoms. The van der Waals surface area contributed by atoms with E-state index in [1.165, 1.54) is 0 Å². The molecule has 0 atom stereocenters. The second-order valence-electron chi connectivity index (χ2n) is 3.61. The maximum Gasteiger partial charge on any atom is 0.292 e. The van der Waals surface area contributed by atoms with Gasteiger partial charge in [-0.25, -0.2) is 0 Å². The zero-order chi connectivity index (χ0) is 11.4. The standard InChI is InChI=1S/C11H16N2O2/c1-5-13(7-8(2)3)11(14)10-6-9(4)12-15-10/h6H,2,5,7H2,1,3-4H3. The summed E-state index contributed by atoms with van der Waals surface area (Å²) in [5.74, 6) is 0.150. The lowest BCUT2D eigenvalue weighted by molar-refractivity contribution is 0.0736. The lowest BCUT2D eigenvalue weighted by Crippen LogP contribution is -2.31. The number of hydrogen-bond acceptors (Lipinski definition) is 3. The fourth-order valence-corrected chi connectivity index (χ4v) is 1.27. The number of rotatable bonds is 4. The highest BCUT2D eigenvalue weighted by Gasteiger charge is 2.18. The van der Waals surface area contributed by atoms with E-state index in [4.69, 9.17) is 4.52 Å². The van der Waals surface area contributed by atoms with Crippen LogP contribution in [0.3, 0.4) is 0 Å². The summed E-state index contributed by atoms with van der Waals surface area (Å²) < 4.78 is 4.92. The molecule has 0 aliphatic carbocycles. The van der Waals surface area contributed by atoms with E-state index < -0.39 is 0 Å². The van der Waals surface area contributed by atoms with Gasteiger partial charge in [0.1, 0.15) is 0 Å². The molecular formula is C11H16N2O2. The average molecular weight is 208 g/mol. The molecule has 0 N–H and O–H groups in total. The van der Waals surface area contributed by atoms with Gasteiger partial charge < -0.3 is 9.42 Å². The summed E-state index contributed by atoms with van der Waals surface area (Å²) in [6.07, 6.45) is 0. The first-order valence-electron chi connectivity index (χ1n) is 4.91. The van der Waals surface area contributed by atoms with Crippen molar-refractivity contribution in [3.8, 4) is 0 Å². The summed E-state index contributed by atoms with van der Waals surface area (Å²) in [7, 11) is 0. The van der Waals surface area contributed by atoms with Gasteiger partial charge in [0.15, 0.2) is 0 Å². The minimum Gasteiger partial charge on any atom is -0.351 e. The van der Waals surface area contributed by atoms with Crippen molar-refractivity contribution in [2.24, 2.45) is 0 Å². The predicted molar refractivity (Wildman–Crippen MR) is 57.6 cm³/mol. The number of carbonyl (C=O) groups is 1. The minimum absolute atomic E-state index is 0.138. The summed E-state index contributed by atoms with van der Waals surface area (Å²) in [6, 6.07) is 1.64. The largest absolute Gasteiger partial charge is 0.351 e. The Morgan fingerprint density at radius 2 is 2.33 bits per heavy atom. The highest BCUT2D eigenvalue weighted by molar-refractivity contribution is 5.91. The number of amides is 1. The van der Waals surface area contributed by atoms with Crippen LogP contribution in [0, 0.1) is 6.92 Å². The van der Waals surface area contributed by atoms with Gasteiger partial charge in [0.25, 0.3) is 5.91 Å². The first-order chi connectivity index (χ1) is 7.04. The minimum atomic E-state index is -0.138. The molecule has 0 saturated heterocycles. The molecule has 0 aliphatic heterocycles. The second kappa shape index (κ2) is 4.77. The number of carbonyl (C=O) groups excluding carboxylic acids is 1. The number of nitrogens with zero attached hydrogens (tertiary/aromatic N) is 2. The van der Waals surface area contributed by atoms with E-state index in [0.29, 0.717) is 18.8 Å². The smallest absolute Gasteiger partial charge is 0.292 e. The summed E-state index contributed by atoms with van der Waals surface area (Å²) in [5.41, 5.74) is 1.66. The van der Waals surface area contributed by atoms with Crippen molar-refractivity contribution >= 4 is 5.91 Å². The molecule has 82 valence electrons. The lowest BCUT2D eigenvalue weighted by atomic mass is 10.3. The first-order valence-corrected chi connectivity index (χ1v) is 4.91. The van der Waals surface area contributed by atoms with Crippen molar-refractivity contribution in [1.82, 2.24) is 10.1 Å². The van der Waals surface area contributed by atoms with Gasteiger partial charge in [-0.2, -0.15) is 0 Å². The van der Waals surface area contributed by atoms with Crippen LogP contribution in [0.5, 0.6) is 0 Å². The van der Waals surface area contributed by atoms with Gasteiger partial charge >= 0.3 is 0 Å². The molecule has 0 unspecified atom stereocenters. The zero-order valence-corrected chi connectivity index (χ0v) is 9.41. The summed E-state index contributed by atoms with van der Waals surface area (Å²) in [5, 5.41) is 3.69. The van der Waals surface area contributed by atoms with Crippen molar-refractivity contribution in [2.45, 2.75) is 20.8 Å². The SMILES string of the molecule is C=C(C)CN(CC)C(=O)c1cc(C)no1. The predicted octanol–water partition coefficient (Wildman–Crippen LogP) is 2.02. The number of aromatic nitrogens is 1. The molecule has 1 aromatic heterocycles. The molecule has 0 radical (unpaired) electrons. The maximum atomic E-state index is 11.9. The summed E-state index contributed by atoms with van der Waals surface area (Å²) in [6.45, 7) is 10.6. The van der Waals surface area contributed by atoms with Gasteiger partial charge in [0.05, 0.1) is 5.69 Å². The molecule has 1 rings (SSSR count). The average Bonchev–Trinajstić information content (AvgIpc) is 2.60. The molecule has 0 saturated carbocycles.